The number of rotatable bonds is 7. The molecule has 0 radical (unpaired) electrons. The van der Waals surface area contributed by atoms with Crippen LogP contribution < -0.4 is 5.32 Å². The molecule has 1 aliphatic heterocycles. The van der Waals surface area contributed by atoms with Gasteiger partial charge < -0.3 is 10.2 Å². The minimum atomic E-state index is -0.00806. The number of Topliss-reactive ketones (excluding diaryl/α,β-unsaturated/α-hetero) is 1. The summed E-state index contributed by atoms with van der Waals surface area (Å²) in [5.74, 6) is 0.312. The molecule has 1 aromatic heterocycles. The fraction of sp³-hybridized carbons (Fsp3) is 0.346. The number of benzene rings is 2. The predicted octanol–water partition coefficient (Wildman–Crippen LogP) is 4.41. The zero-order chi connectivity index (χ0) is 22.5. The zero-order valence-electron chi connectivity index (χ0n) is 18.8. The highest BCUT2D eigenvalue weighted by molar-refractivity contribution is 5.97. The van der Waals surface area contributed by atoms with E-state index in [1.165, 1.54) is 0 Å². The molecule has 2 aromatic carbocycles. The third kappa shape index (κ3) is 4.97. The van der Waals surface area contributed by atoms with E-state index in [1.54, 1.807) is 0 Å². The summed E-state index contributed by atoms with van der Waals surface area (Å²) >= 11 is 0. The third-order valence-electron chi connectivity index (χ3n) is 6.23. The second-order valence-corrected chi connectivity index (χ2v) is 8.44. The highest BCUT2D eigenvalue weighted by Crippen LogP contribution is 2.24. The summed E-state index contributed by atoms with van der Waals surface area (Å²) in [5.41, 5.74) is 4.28. The first-order valence-corrected chi connectivity index (χ1v) is 11.3. The van der Waals surface area contributed by atoms with E-state index in [2.05, 4.69) is 15.3 Å². The molecule has 6 nitrogen and oxygen atoms in total. The molecule has 0 spiro atoms. The van der Waals surface area contributed by atoms with E-state index in [0.29, 0.717) is 13.0 Å². The van der Waals surface area contributed by atoms with Crippen molar-refractivity contribution in [1.29, 1.82) is 0 Å². The molecule has 3 aromatic rings. The van der Waals surface area contributed by atoms with E-state index in [9.17, 15) is 9.59 Å². The van der Waals surface area contributed by atoms with Crippen molar-refractivity contribution in [2.24, 2.45) is 5.92 Å². The molecular weight excluding hydrogens is 400 g/mol. The molecule has 0 bridgehead atoms. The molecule has 1 fully saturated rings. The average Bonchev–Trinajstić information content (AvgIpc) is 3.12. The molecule has 2 heterocycles. The number of carbonyl (C=O) groups is 2. The van der Waals surface area contributed by atoms with Gasteiger partial charge in [0.25, 0.3) is 0 Å². The quantitative estimate of drug-likeness (QED) is 0.564. The lowest BCUT2D eigenvalue weighted by molar-refractivity contribution is -0.116. The number of hydrogen-bond acceptors (Lipinski definition) is 4. The van der Waals surface area contributed by atoms with Gasteiger partial charge in [-0.15, -0.1) is 0 Å². The molecular formula is C26H30N4O2. The topological polar surface area (TPSA) is 67.2 Å². The first-order chi connectivity index (χ1) is 15.5. The smallest absolute Gasteiger partial charge is 0.225 e. The Bertz CT molecular complexity index is 1070. The molecule has 0 unspecified atom stereocenters. The maximum Gasteiger partial charge on any atom is 0.225 e. The van der Waals surface area contributed by atoms with Crippen LogP contribution in [-0.4, -0.2) is 46.0 Å². The maximum atomic E-state index is 12.7. The van der Waals surface area contributed by atoms with Crippen molar-refractivity contribution >= 4 is 17.4 Å². The second-order valence-electron chi connectivity index (χ2n) is 8.44. The molecule has 166 valence electrons. The Labute approximate surface area is 189 Å². The number of aryl methyl sites for hydroxylation is 1. The Morgan fingerprint density at radius 1 is 0.969 bits per heavy atom. The first kappa shape index (κ1) is 22.0. The lowest BCUT2D eigenvalue weighted by Gasteiger charge is -2.31. The van der Waals surface area contributed by atoms with Gasteiger partial charge >= 0.3 is 0 Å². The van der Waals surface area contributed by atoms with Crippen LogP contribution in [0.15, 0.2) is 60.7 Å². The SMILES string of the molecule is Cc1nn(-c2ccccc2)c(C)c1NC(=O)CCN1CCC(C(=O)c2ccccc2)CC1. The van der Waals surface area contributed by atoms with Crippen LogP contribution in [-0.2, 0) is 4.79 Å². The number of likely N-dealkylation sites (tertiary alicyclic amines) is 1. The monoisotopic (exact) mass is 430 g/mol. The van der Waals surface area contributed by atoms with Gasteiger partial charge in [0.15, 0.2) is 5.78 Å². The molecule has 4 rings (SSSR count). The van der Waals surface area contributed by atoms with Crippen molar-refractivity contribution in [3.8, 4) is 5.69 Å². The van der Waals surface area contributed by atoms with Gasteiger partial charge in [-0.05, 0) is 51.9 Å². The summed E-state index contributed by atoms with van der Waals surface area (Å²) in [6.07, 6.45) is 2.11. The predicted molar refractivity (Wildman–Crippen MR) is 126 cm³/mol. The second kappa shape index (κ2) is 9.92. The first-order valence-electron chi connectivity index (χ1n) is 11.3. The largest absolute Gasteiger partial charge is 0.323 e. The normalized spacial score (nSPS) is 14.9. The molecule has 1 amide bonds. The number of nitrogens with zero attached hydrogens (tertiary/aromatic N) is 3. The number of hydrogen-bond donors (Lipinski definition) is 1. The molecule has 0 saturated carbocycles. The highest BCUT2D eigenvalue weighted by Gasteiger charge is 2.26. The molecule has 32 heavy (non-hydrogen) atoms. The van der Waals surface area contributed by atoms with Crippen LogP contribution >= 0.6 is 0 Å². The number of ketones is 1. The van der Waals surface area contributed by atoms with Crippen LogP contribution in [0.5, 0.6) is 0 Å². The van der Waals surface area contributed by atoms with Crippen LogP contribution in [0, 0.1) is 19.8 Å². The standard InChI is InChI=1S/C26H30N4O2/c1-19-25(20(2)30(28-19)23-11-7-4-8-12-23)27-24(31)15-18-29-16-13-22(14-17-29)26(32)21-9-5-3-6-10-21/h3-12,22H,13-18H2,1-2H3,(H,27,31). The summed E-state index contributed by atoms with van der Waals surface area (Å²) in [4.78, 5) is 27.6. The Hall–Kier alpha value is -3.25. The van der Waals surface area contributed by atoms with Crippen molar-refractivity contribution in [3.63, 3.8) is 0 Å². The van der Waals surface area contributed by atoms with Crippen LogP contribution in [0.25, 0.3) is 5.69 Å². The van der Waals surface area contributed by atoms with E-state index in [0.717, 1.165) is 54.3 Å². The molecule has 0 atom stereocenters. The van der Waals surface area contributed by atoms with Gasteiger partial charge in [-0.2, -0.15) is 5.10 Å². The van der Waals surface area contributed by atoms with Crippen molar-refractivity contribution < 1.29 is 9.59 Å². The Morgan fingerprint density at radius 3 is 2.25 bits per heavy atom. The van der Waals surface area contributed by atoms with Crippen molar-refractivity contribution in [3.05, 3.63) is 77.6 Å². The van der Waals surface area contributed by atoms with E-state index in [4.69, 9.17) is 0 Å². The summed E-state index contributed by atoms with van der Waals surface area (Å²) < 4.78 is 1.86. The Morgan fingerprint density at radius 2 is 1.59 bits per heavy atom. The van der Waals surface area contributed by atoms with E-state index >= 15 is 0 Å². The number of amides is 1. The van der Waals surface area contributed by atoms with E-state index < -0.39 is 0 Å². The maximum absolute atomic E-state index is 12.7. The van der Waals surface area contributed by atoms with Gasteiger partial charge in [-0.3, -0.25) is 9.59 Å². The van der Waals surface area contributed by atoms with Gasteiger partial charge in [-0.1, -0.05) is 48.5 Å². The minimum absolute atomic E-state index is 0.00806. The van der Waals surface area contributed by atoms with E-state index in [-0.39, 0.29) is 17.6 Å². The molecule has 1 N–H and O–H groups in total. The summed E-state index contributed by atoms with van der Waals surface area (Å²) in [5, 5.41) is 7.65. The minimum Gasteiger partial charge on any atom is -0.323 e. The number of carbonyl (C=O) groups excluding carboxylic acids is 2. The summed E-state index contributed by atoms with van der Waals surface area (Å²) in [7, 11) is 0. The van der Waals surface area contributed by atoms with Crippen molar-refractivity contribution in [2.45, 2.75) is 33.1 Å². The summed E-state index contributed by atoms with van der Waals surface area (Å²) in [6.45, 7) is 6.28. The number of anilines is 1. The zero-order valence-corrected chi connectivity index (χ0v) is 18.8. The lowest BCUT2D eigenvalue weighted by atomic mass is 9.89. The Kier molecular flexibility index (Phi) is 6.81. The van der Waals surface area contributed by atoms with Crippen LogP contribution in [0.2, 0.25) is 0 Å². The van der Waals surface area contributed by atoms with Crippen LogP contribution in [0.4, 0.5) is 5.69 Å². The van der Waals surface area contributed by atoms with Crippen LogP contribution in [0.3, 0.4) is 0 Å². The van der Waals surface area contributed by atoms with Gasteiger partial charge in [0.2, 0.25) is 5.91 Å². The fourth-order valence-corrected chi connectivity index (χ4v) is 4.36. The molecule has 1 aliphatic rings. The number of aromatic nitrogens is 2. The van der Waals surface area contributed by atoms with Crippen LogP contribution in [0.1, 0.15) is 41.0 Å². The van der Waals surface area contributed by atoms with E-state index in [1.807, 2.05) is 79.2 Å². The highest BCUT2D eigenvalue weighted by atomic mass is 16.1. The van der Waals surface area contributed by atoms with Gasteiger partial charge in [0, 0.05) is 24.4 Å². The van der Waals surface area contributed by atoms with Crippen molar-refractivity contribution in [1.82, 2.24) is 14.7 Å². The van der Waals surface area contributed by atoms with Gasteiger partial charge in [0.05, 0.1) is 22.8 Å². The average molecular weight is 431 g/mol. The molecule has 0 aliphatic carbocycles. The number of piperidine rings is 1. The van der Waals surface area contributed by atoms with Gasteiger partial charge in [-0.25, -0.2) is 4.68 Å². The number of nitrogens with one attached hydrogen (secondary N) is 1. The summed E-state index contributed by atoms with van der Waals surface area (Å²) in [6, 6.07) is 19.4. The third-order valence-corrected chi connectivity index (χ3v) is 6.23. The van der Waals surface area contributed by atoms with Gasteiger partial charge in [0.1, 0.15) is 0 Å². The lowest BCUT2D eigenvalue weighted by Crippen LogP contribution is -2.38. The number of para-hydroxylation sites is 1. The Balaban J connectivity index is 1.27. The van der Waals surface area contributed by atoms with Crippen molar-refractivity contribution in [2.75, 3.05) is 25.0 Å². The molecule has 1 saturated heterocycles. The molecule has 6 heteroatoms. The fourth-order valence-electron chi connectivity index (χ4n) is 4.36.